The average molecular weight is 418 g/mol. The van der Waals surface area contributed by atoms with E-state index in [9.17, 15) is 24.0 Å². The highest BCUT2D eigenvalue weighted by Crippen LogP contribution is 1.99. The quantitative estimate of drug-likeness (QED) is 0.234. The molecule has 0 aliphatic carbocycles. The number of ketones is 1. The zero-order valence-electron chi connectivity index (χ0n) is 17.2. The lowest BCUT2D eigenvalue weighted by molar-refractivity contribution is -0.164. The maximum Gasteiger partial charge on any atom is 0.335 e. The van der Waals surface area contributed by atoms with Gasteiger partial charge < -0.3 is 30.0 Å². The molecule has 0 fully saturated rings. The molecule has 0 heterocycles. The first-order valence-corrected chi connectivity index (χ1v) is 9.27. The Morgan fingerprint density at radius 1 is 1.03 bits per heavy atom. The Hall–Kier alpha value is -2.53. The molecule has 0 bridgehead atoms. The van der Waals surface area contributed by atoms with E-state index in [4.69, 9.17) is 19.3 Å². The largest absolute Gasteiger partial charge is 0.481 e. The van der Waals surface area contributed by atoms with Gasteiger partial charge in [-0.15, -0.1) is 0 Å². The Morgan fingerprint density at radius 3 is 2.24 bits per heavy atom. The molecule has 3 unspecified atom stereocenters. The van der Waals surface area contributed by atoms with Gasteiger partial charge in [0.25, 0.3) is 5.91 Å². The van der Waals surface area contributed by atoms with Gasteiger partial charge in [0.15, 0.2) is 18.0 Å². The first-order chi connectivity index (χ1) is 13.6. The molecule has 0 aliphatic heterocycles. The standard InChI is InChI=1S/C18H30N2O9/c1-5-28-13(4)18(26)29-12(3)17(25)19-7-9-27-8-6-15(22)20-14(11(2)21)10-16(23)24/h12-14H,5-10H2,1-4H3,(H,19,25)(H,20,22)(H,23,24). The lowest BCUT2D eigenvalue weighted by atomic mass is 10.1. The van der Waals surface area contributed by atoms with Crippen LogP contribution in [0.5, 0.6) is 0 Å². The van der Waals surface area contributed by atoms with Crippen LogP contribution in [0.3, 0.4) is 0 Å². The Balaban J connectivity index is 3.99. The second-order valence-electron chi connectivity index (χ2n) is 6.16. The SMILES string of the molecule is CCOC(C)C(=O)OC(C)C(=O)NCCOCCC(=O)NC(CC(=O)O)C(C)=O. The molecule has 3 atom stereocenters. The number of carboxylic acid groups (broad SMARTS) is 1. The van der Waals surface area contributed by atoms with Crippen LogP contribution in [-0.2, 0) is 38.2 Å². The summed E-state index contributed by atoms with van der Waals surface area (Å²) < 4.78 is 15.3. The molecular formula is C18H30N2O9. The second-order valence-corrected chi connectivity index (χ2v) is 6.16. The second kappa shape index (κ2) is 14.5. The molecule has 0 saturated carbocycles. The zero-order valence-corrected chi connectivity index (χ0v) is 17.2. The van der Waals surface area contributed by atoms with Crippen LogP contribution in [0.25, 0.3) is 0 Å². The van der Waals surface area contributed by atoms with Gasteiger partial charge in [-0.2, -0.15) is 0 Å². The van der Waals surface area contributed by atoms with Crippen LogP contribution in [0, 0.1) is 0 Å². The van der Waals surface area contributed by atoms with Gasteiger partial charge in [0.05, 0.1) is 25.7 Å². The van der Waals surface area contributed by atoms with Crippen LogP contribution in [0.1, 0.15) is 40.5 Å². The summed E-state index contributed by atoms with van der Waals surface area (Å²) in [5.74, 6) is -3.29. The normalized spacial score (nSPS) is 13.7. The maximum absolute atomic E-state index is 11.8. The first-order valence-electron chi connectivity index (χ1n) is 9.27. The van der Waals surface area contributed by atoms with Gasteiger partial charge in [-0.05, 0) is 27.7 Å². The number of amides is 2. The molecule has 0 aliphatic rings. The minimum Gasteiger partial charge on any atom is -0.481 e. The van der Waals surface area contributed by atoms with Crippen LogP contribution in [-0.4, -0.2) is 79.3 Å². The number of Topliss-reactive ketones (excluding diaryl/α,β-unsaturated/α-hetero) is 1. The van der Waals surface area contributed by atoms with Crippen molar-refractivity contribution in [3.8, 4) is 0 Å². The molecule has 0 aromatic rings. The van der Waals surface area contributed by atoms with E-state index >= 15 is 0 Å². The van der Waals surface area contributed by atoms with E-state index in [1.165, 1.54) is 20.8 Å². The van der Waals surface area contributed by atoms with Crippen LogP contribution < -0.4 is 10.6 Å². The number of aliphatic carboxylic acids is 1. The summed E-state index contributed by atoms with van der Waals surface area (Å²) in [6.45, 7) is 6.51. The molecule has 29 heavy (non-hydrogen) atoms. The molecule has 0 radical (unpaired) electrons. The summed E-state index contributed by atoms with van der Waals surface area (Å²) in [5.41, 5.74) is 0. The van der Waals surface area contributed by atoms with E-state index in [2.05, 4.69) is 10.6 Å². The zero-order chi connectivity index (χ0) is 22.4. The van der Waals surface area contributed by atoms with Gasteiger partial charge in [0.2, 0.25) is 5.91 Å². The Morgan fingerprint density at radius 2 is 1.69 bits per heavy atom. The van der Waals surface area contributed by atoms with Crippen molar-refractivity contribution in [1.82, 2.24) is 10.6 Å². The first kappa shape index (κ1) is 26.5. The number of esters is 1. The van der Waals surface area contributed by atoms with Gasteiger partial charge in [-0.25, -0.2) is 4.79 Å². The number of carboxylic acids is 1. The lowest BCUT2D eigenvalue weighted by Gasteiger charge is -2.16. The molecular weight excluding hydrogens is 388 g/mol. The predicted molar refractivity (Wildman–Crippen MR) is 100.0 cm³/mol. The van der Waals surface area contributed by atoms with Crippen molar-refractivity contribution >= 4 is 29.5 Å². The van der Waals surface area contributed by atoms with E-state index in [0.717, 1.165) is 0 Å². The maximum atomic E-state index is 11.8. The highest BCUT2D eigenvalue weighted by atomic mass is 16.6. The summed E-state index contributed by atoms with van der Waals surface area (Å²) in [7, 11) is 0. The van der Waals surface area contributed by atoms with Gasteiger partial charge in [-0.3, -0.25) is 19.2 Å². The molecule has 0 rings (SSSR count). The molecule has 11 heteroatoms. The molecule has 0 aromatic heterocycles. The number of rotatable bonds is 15. The number of nitrogens with one attached hydrogen (secondary N) is 2. The van der Waals surface area contributed by atoms with E-state index in [0.29, 0.717) is 6.61 Å². The lowest BCUT2D eigenvalue weighted by Crippen LogP contribution is -2.41. The van der Waals surface area contributed by atoms with Gasteiger partial charge in [0, 0.05) is 19.6 Å². The van der Waals surface area contributed by atoms with Crippen molar-refractivity contribution in [3.63, 3.8) is 0 Å². The fraction of sp³-hybridized carbons (Fsp3) is 0.722. The average Bonchev–Trinajstić information content (AvgIpc) is 2.63. The third-order valence-electron chi connectivity index (χ3n) is 3.63. The number of ether oxygens (including phenoxy) is 3. The number of carbonyl (C=O) groups is 5. The van der Waals surface area contributed by atoms with Gasteiger partial charge in [-0.1, -0.05) is 0 Å². The smallest absolute Gasteiger partial charge is 0.335 e. The van der Waals surface area contributed by atoms with E-state index in [1.807, 2.05) is 0 Å². The molecule has 0 aromatic carbocycles. The van der Waals surface area contributed by atoms with Crippen molar-refractivity contribution in [2.75, 3.05) is 26.4 Å². The van der Waals surface area contributed by atoms with Crippen LogP contribution in [0.4, 0.5) is 0 Å². The van der Waals surface area contributed by atoms with E-state index in [1.54, 1.807) is 6.92 Å². The topological polar surface area (TPSA) is 157 Å². The number of hydrogen-bond donors (Lipinski definition) is 3. The van der Waals surface area contributed by atoms with Crippen molar-refractivity contribution < 1.29 is 43.3 Å². The minimum absolute atomic E-state index is 0.0236. The number of hydrogen-bond acceptors (Lipinski definition) is 8. The fourth-order valence-electron chi connectivity index (χ4n) is 2.04. The third-order valence-corrected chi connectivity index (χ3v) is 3.63. The Kier molecular flexibility index (Phi) is 13.2. The summed E-state index contributed by atoms with van der Waals surface area (Å²) in [6.07, 6.45) is -2.31. The fourth-order valence-corrected chi connectivity index (χ4v) is 2.04. The highest BCUT2D eigenvalue weighted by Gasteiger charge is 2.22. The van der Waals surface area contributed by atoms with Crippen molar-refractivity contribution in [3.05, 3.63) is 0 Å². The summed E-state index contributed by atoms with van der Waals surface area (Å²) in [5, 5.41) is 13.6. The molecule has 2 amide bonds. The summed E-state index contributed by atoms with van der Waals surface area (Å²) in [6, 6.07) is -1.08. The van der Waals surface area contributed by atoms with Crippen molar-refractivity contribution in [1.29, 1.82) is 0 Å². The van der Waals surface area contributed by atoms with Crippen LogP contribution in [0.15, 0.2) is 0 Å². The monoisotopic (exact) mass is 418 g/mol. The summed E-state index contributed by atoms with van der Waals surface area (Å²) >= 11 is 0. The molecule has 0 saturated heterocycles. The Bertz CT molecular complexity index is 580. The van der Waals surface area contributed by atoms with Crippen LogP contribution in [0.2, 0.25) is 0 Å². The highest BCUT2D eigenvalue weighted by molar-refractivity contribution is 5.90. The van der Waals surface area contributed by atoms with Gasteiger partial charge >= 0.3 is 11.9 Å². The molecule has 11 nitrogen and oxygen atoms in total. The Labute approximate surface area is 169 Å². The molecule has 166 valence electrons. The predicted octanol–water partition coefficient (Wildman–Crippen LogP) is -0.585. The van der Waals surface area contributed by atoms with E-state index in [-0.39, 0.29) is 26.2 Å². The van der Waals surface area contributed by atoms with Crippen LogP contribution >= 0.6 is 0 Å². The molecule has 0 spiro atoms. The number of carbonyl (C=O) groups excluding carboxylic acids is 4. The minimum atomic E-state index is -1.19. The van der Waals surface area contributed by atoms with E-state index < -0.39 is 54.2 Å². The third kappa shape index (κ3) is 12.5. The van der Waals surface area contributed by atoms with Gasteiger partial charge in [0.1, 0.15) is 0 Å². The molecule has 3 N–H and O–H groups in total. The summed E-state index contributed by atoms with van der Waals surface area (Å²) in [4.78, 5) is 57.2. The van der Waals surface area contributed by atoms with Crippen molar-refractivity contribution in [2.45, 2.75) is 58.8 Å². The van der Waals surface area contributed by atoms with Crippen molar-refractivity contribution in [2.24, 2.45) is 0 Å².